The van der Waals surface area contributed by atoms with Crippen molar-refractivity contribution in [3.63, 3.8) is 0 Å². The van der Waals surface area contributed by atoms with E-state index in [2.05, 4.69) is 14.9 Å². The number of hydrogen-bond acceptors (Lipinski definition) is 4. The van der Waals surface area contributed by atoms with Crippen LogP contribution in [0.25, 0.3) is 0 Å². The first-order chi connectivity index (χ1) is 10.3. The summed E-state index contributed by atoms with van der Waals surface area (Å²) in [4.78, 5) is 5.79. The maximum absolute atomic E-state index is 13.6. The van der Waals surface area contributed by atoms with E-state index in [9.17, 15) is 12.8 Å². The van der Waals surface area contributed by atoms with Crippen LogP contribution < -0.4 is 4.83 Å². The van der Waals surface area contributed by atoms with Gasteiger partial charge in [0.2, 0.25) is 0 Å². The molecule has 0 spiro atoms. The summed E-state index contributed by atoms with van der Waals surface area (Å²) < 4.78 is 37.8. The zero-order valence-corrected chi connectivity index (χ0v) is 14.9. The quantitative estimate of drug-likeness (QED) is 0.335. The van der Waals surface area contributed by atoms with E-state index in [1.165, 1.54) is 24.5 Å². The number of rotatable bonds is 4. The number of pyridine rings is 1. The Bertz CT molecular complexity index is 826. The highest BCUT2D eigenvalue weighted by Crippen LogP contribution is 2.20. The molecule has 2 rings (SSSR count). The van der Waals surface area contributed by atoms with Gasteiger partial charge in [-0.1, -0.05) is 29.3 Å². The molecule has 0 radical (unpaired) electrons. The van der Waals surface area contributed by atoms with E-state index < -0.39 is 15.8 Å². The van der Waals surface area contributed by atoms with Crippen molar-refractivity contribution >= 4 is 50.4 Å². The van der Waals surface area contributed by atoms with Gasteiger partial charge in [0.1, 0.15) is 0 Å². The first-order valence-electron chi connectivity index (χ1n) is 5.92. The van der Waals surface area contributed by atoms with Gasteiger partial charge in [0.05, 0.1) is 14.7 Å². The van der Waals surface area contributed by atoms with E-state index in [1.54, 1.807) is 34.7 Å². The van der Waals surface area contributed by atoms with E-state index in [0.29, 0.717) is 5.56 Å². The third kappa shape index (κ3) is 3.93. The maximum atomic E-state index is 13.6. The monoisotopic (exact) mass is 453 g/mol. The van der Waals surface area contributed by atoms with Crippen LogP contribution >= 0.6 is 34.2 Å². The molecular weight excluding hydrogens is 444 g/mol. The molecule has 0 amide bonds. The predicted molar refractivity (Wildman–Crippen MR) is 91.0 cm³/mol. The van der Waals surface area contributed by atoms with Crippen molar-refractivity contribution in [1.82, 2.24) is 9.82 Å². The average molecular weight is 454 g/mol. The molecule has 0 aliphatic carbocycles. The van der Waals surface area contributed by atoms with Crippen molar-refractivity contribution in [3.8, 4) is 0 Å². The molecule has 0 aliphatic rings. The number of aryl methyl sites for hydroxylation is 1. The molecule has 22 heavy (non-hydrogen) atoms. The summed E-state index contributed by atoms with van der Waals surface area (Å²) in [6, 6.07) is 6.31. The number of nitrogens with zero attached hydrogens (tertiary/aromatic N) is 2. The molecule has 0 atom stereocenters. The molecular formula is C13H10ClFIN3O2S. The summed E-state index contributed by atoms with van der Waals surface area (Å²) in [5.74, 6) is -0.674. The van der Waals surface area contributed by atoms with E-state index in [1.807, 2.05) is 6.92 Å². The van der Waals surface area contributed by atoms with Gasteiger partial charge < -0.3 is 0 Å². The Balaban J connectivity index is 2.19. The Morgan fingerprint density at radius 3 is 2.64 bits per heavy atom. The van der Waals surface area contributed by atoms with Crippen molar-refractivity contribution in [2.24, 2.45) is 5.10 Å². The minimum absolute atomic E-state index is 0.0883. The van der Waals surface area contributed by atoms with E-state index in [4.69, 9.17) is 11.6 Å². The second-order valence-corrected chi connectivity index (χ2v) is 7.40. The Morgan fingerprint density at radius 1 is 1.36 bits per heavy atom. The topological polar surface area (TPSA) is 71.4 Å². The van der Waals surface area contributed by atoms with Crippen molar-refractivity contribution in [1.29, 1.82) is 0 Å². The summed E-state index contributed by atoms with van der Waals surface area (Å²) in [6.45, 7) is 1.85. The standard InChI is InChI=1S/C13H10ClFIN3O2S/c1-8-2-4-10(5-3-8)22(20,21)19-18-7-9-6-17-13(14)11(15)12(9)16/h2-7,19H,1H3. The van der Waals surface area contributed by atoms with Crippen LogP contribution in [-0.4, -0.2) is 19.6 Å². The van der Waals surface area contributed by atoms with Crippen LogP contribution in [0, 0.1) is 16.3 Å². The van der Waals surface area contributed by atoms with Crippen LogP contribution in [0.5, 0.6) is 0 Å². The molecule has 9 heteroatoms. The average Bonchev–Trinajstić information content (AvgIpc) is 2.48. The highest BCUT2D eigenvalue weighted by Gasteiger charge is 2.13. The largest absolute Gasteiger partial charge is 0.276 e. The fourth-order valence-corrected chi connectivity index (χ4v) is 3.11. The number of aromatic nitrogens is 1. The third-order valence-corrected chi connectivity index (χ3v) is 5.25. The fraction of sp³-hybridized carbons (Fsp3) is 0.0769. The summed E-state index contributed by atoms with van der Waals surface area (Å²) >= 11 is 7.28. The molecule has 0 saturated carbocycles. The molecule has 0 saturated heterocycles. The van der Waals surface area contributed by atoms with E-state index in [0.717, 1.165) is 5.56 Å². The summed E-state index contributed by atoms with van der Waals surface area (Å²) in [5.41, 5.74) is 1.26. The maximum Gasteiger partial charge on any atom is 0.276 e. The summed E-state index contributed by atoms with van der Waals surface area (Å²) in [6.07, 6.45) is 2.47. The van der Waals surface area contributed by atoms with Crippen LogP contribution in [-0.2, 0) is 10.0 Å². The van der Waals surface area contributed by atoms with Gasteiger partial charge in [-0.15, -0.1) is 0 Å². The molecule has 2 aromatic rings. The highest BCUT2D eigenvalue weighted by atomic mass is 127. The first-order valence-corrected chi connectivity index (χ1v) is 8.86. The molecule has 0 aliphatic heterocycles. The highest BCUT2D eigenvalue weighted by molar-refractivity contribution is 14.1. The predicted octanol–water partition coefficient (Wildman–Crippen LogP) is 3.10. The van der Waals surface area contributed by atoms with Gasteiger partial charge in [-0.25, -0.2) is 14.2 Å². The number of hydrogen-bond donors (Lipinski definition) is 1. The van der Waals surface area contributed by atoms with Crippen LogP contribution in [0.2, 0.25) is 5.15 Å². The SMILES string of the molecule is Cc1ccc(S(=O)(=O)NN=Cc2cnc(Cl)c(F)c2I)cc1. The zero-order chi connectivity index (χ0) is 16.3. The van der Waals surface area contributed by atoms with Crippen LogP contribution in [0.3, 0.4) is 0 Å². The van der Waals surface area contributed by atoms with Gasteiger partial charge in [-0.05, 0) is 41.6 Å². The molecule has 5 nitrogen and oxygen atoms in total. The van der Waals surface area contributed by atoms with Crippen molar-refractivity contribution < 1.29 is 12.8 Å². The van der Waals surface area contributed by atoms with Crippen molar-refractivity contribution in [2.75, 3.05) is 0 Å². The second-order valence-electron chi connectivity index (χ2n) is 4.30. The number of nitrogens with one attached hydrogen (secondary N) is 1. The summed E-state index contributed by atoms with van der Waals surface area (Å²) in [7, 11) is -3.77. The molecule has 0 unspecified atom stereocenters. The van der Waals surface area contributed by atoms with Gasteiger partial charge >= 0.3 is 0 Å². The number of benzene rings is 1. The lowest BCUT2D eigenvalue weighted by molar-refractivity contribution is 0.584. The lowest BCUT2D eigenvalue weighted by atomic mass is 10.2. The van der Waals surface area contributed by atoms with Gasteiger partial charge in [0.25, 0.3) is 10.0 Å². The molecule has 1 aromatic heterocycles. The van der Waals surface area contributed by atoms with Crippen LogP contribution in [0.4, 0.5) is 4.39 Å². The van der Waals surface area contributed by atoms with Crippen molar-refractivity contribution in [2.45, 2.75) is 11.8 Å². The van der Waals surface area contributed by atoms with Gasteiger partial charge in [0, 0.05) is 11.8 Å². The number of sulfonamides is 1. The molecule has 1 N–H and O–H groups in total. The summed E-state index contributed by atoms with van der Waals surface area (Å²) in [5, 5.41) is 3.38. The molecule has 116 valence electrons. The normalized spacial score (nSPS) is 11.8. The lowest BCUT2D eigenvalue weighted by Gasteiger charge is -2.04. The lowest BCUT2D eigenvalue weighted by Crippen LogP contribution is -2.18. The smallest absolute Gasteiger partial charge is 0.241 e. The minimum atomic E-state index is -3.77. The van der Waals surface area contributed by atoms with Gasteiger partial charge in [-0.2, -0.15) is 13.5 Å². The Labute approximate surface area is 145 Å². The van der Waals surface area contributed by atoms with Crippen LogP contribution in [0.1, 0.15) is 11.1 Å². The molecule has 1 heterocycles. The Hall–Kier alpha value is -1.26. The number of halogens is 3. The number of hydrazone groups is 1. The third-order valence-electron chi connectivity index (χ3n) is 2.65. The first kappa shape index (κ1) is 17.1. The van der Waals surface area contributed by atoms with Gasteiger partial charge in [-0.3, -0.25) is 0 Å². The zero-order valence-electron chi connectivity index (χ0n) is 11.2. The van der Waals surface area contributed by atoms with E-state index >= 15 is 0 Å². The second kappa shape index (κ2) is 6.88. The Kier molecular flexibility index (Phi) is 5.35. The fourth-order valence-electron chi connectivity index (χ4n) is 1.48. The van der Waals surface area contributed by atoms with Crippen LogP contribution in [0.15, 0.2) is 40.5 Å². The van der Waals surface area contributed by atoms with Crippen molar-refractivity contribution in [3.05, 3.63) is 56.1 Å². The Morgan fingerprint density at radius 2 is 2.00 bits per heavy atom. The van der Waals surface area contributed by atoms with Gasteiger partial charge in [0.15, 0.2) is 11.0 Å². The minimum Gasteiger partial charge on any atom is -0.241 e. The molecule has 0 fully saturated rings. The molecule has 1 aromatic carbocycles. The van der Waals surface area contributed by atoms with E-state index in [-0.39, 0.29) is 13.6 Å². The molecule has 0 bridgehead atoms.